The highest BCUT2D eigenvalue weighted by atomic mass is 35.5. The molecule has 3 N–H and O–H groups in total. The highest BCUT2D eigenvalue weighted by Gasteiger charge is 0.874. The molecule has 0 saturated heterocycles. The highest BCUT2D eigenvalue weighted by Crippen LogP contribution is 0.251. The van der Waals surface area contributed by atoms with E-state index in [2.05, 4.69) is 5.73 Å². The van der Waals surface area contributed by atoms with Gasteiger partial charge in [-0.15, -0.1) is 0 Å². The lowest BCUT2D eigenvalue weighted by Gasteiger charge is -1.17. The first-order valence-corrected chi connectivity index (χ1v) is 0.707. The Morgan fingerprint density at radius 2 is 0.667 bits per heavy atom. The Kier molecular flexibility index (Phi) is 1260. The van der Waals surface area contributed by atoms with Gasteiger partial charge in [0.05, 0.1) is 7.05 Å². The normalized spacial score (nSPS) is 1.00. The van der Waals surface area contributed by atoms with Crippen LogP contribution in [0.3, 0.4) is 0 Å². The Morgan fingerprint density at radius 3 is 0.667 bits per heavy atom. The third kappa shape index (κ3) is 69.3. The first-order chi connectivity index (χ1) is 1.00. The molecule has 46 valence electrons. The highest BCUT2D eigenvalue weighted by molar-refractivity contribution is 3.08. The maximum Gasteiger partial charge on any atom is 0.0634 e. The van der Waals surface area contributed by atoms with Crippen LogP contribution in [0.15, 0.2) is 0 Å². The molecule has 0 heterocycles. The second-order valence-corrected chi connectivity index (χ2v) is 0. The van der Waals surface area contributed by atoms with Crippen molar-refractivity contribution in [3.63, 3.8) is 0 Å². The van der Waals surface area contributed by atoms with Crippen molar-refractivity contribution >= 4 is 0 Å². The van der Waals surface area contributed by atoms with E-state index in [0.29, 0.717) is 0 Å². The van der Waals surface area contributed by atoms with Crippen molar-refractivity contribution in [3.8, 4) is 0 Å². The van der Waals surface area contributed by atoms with Crippen molar-refractivity contribution < 1.29 is 55.4 Å². The summed E-state index contributed by atoms with van der Waals surface area (Å²) in [6, 6.07) is 0. The van der Waals surface area contributed by atoms with Crippen molar-refractivity contribution in [1.29, 1.82) is 0 Å². The zero-order chi connectivity index (χ0) is 2.00. The topological polar surface area (TPSA) is 27.6 Å². The summed E-state index contributed by atoms with van der Waals surface area (Å²) in [5, 5.41) is 0. The molecule has 0 fully saturated rings. The van der Waals surface area contributed by atoms with Crippen molar-refractivity contribution in [3.05, 3.63) is 0 Å². The molecule has 5 heteroatoms. The monoisotopic (exact) mass is 172 g/mol. The van der Waals surface area contributed by atoms with Crippen LogP contribution in [-0.4, -0.2) is 7.05 Å². The Bertz CT molecular complexity index is 7.51. The molecule has 0 aliphatic heterocycles. The van der Waals surface area contributed by atoms with E-state index >= 15 is 0 Å². The molecule has 0 bridgehead atoms. The maximum absolute atomic E-state index is 3.25. The minimum Gasteiger partial charge on any atom is -1.00 e. The molecule has 0 amide bonds. The van der Waals surface area contributed by atoms with Crippen LogP contribution in [0.1, 0.15) is 0 Å². The van der Waals surface area contributed by atoms with Gasteiger partial charge < -0.3 is 55.4 Å². The second-order valence-electron chi connectivity index (χ2n) is 0. The largest absolute Gasteiger partial charge is 1.00 e. The van der Waals surface area contributed by atoms with E-state index in [0.717, 1.165) is 0 Å². The van der Waals surface area contributed by atoms with Crippen LogP contribution in [0.25, 0.3) is 0 Å². The summed E-state index contributed by atoms with van der Waals surface area (Å²) in [5.41, 5.74) is 3.25. The lowest BCUT2D eigenvalue weighted by Crippen LogP contribution is -3.00. The van der Waals surface area contributed by atoms with E-state index in [9.17, 15) is 0 Å². The first kappa shape index (κ1) is 59.3. The standard InChI is InChI=1S/CH5N.4ClH/c1-2;;;;/h2H2,1H3;4*1H/p-3. The molecule has 0 aromatic carbocycles. The molecule has 0 aliphatic rings. The van der Waals surface area contributed by atoms with Gasteiger partial charge in [0.25, 0.3) is 0 Å². The summed E-state index contributed by atoms with van der Waals surface area (Å²) < 4.78 is 0. The van der Waals surface area contributed by atoms with E-state index in [1.54, 1.807) is 7.05 Å². The molecule has 0 unspecified atom stereocenters. The second kappa shape index (κ2) is 128. The van der Waals surface area contributed by atoms with E-state index in [-0.39, 0.29) is 49.6 Å². The molecule has 1 nitrogen and oxygen atoms in total. The molecule has 0 aromatic rings. The van der Waals surface area contributed by atoms with Gasteiger partial charge in [-0.1, -0.05) is 0 Å². The van der Waals surface area contributed by atoms with Gasteiger partial charge in [0.2, 0.25) is 0 Å². The van der Waals surface area contributed by atoms with Crippen LogP contribution in [0.4, 0.5) is 0 Å². The molecule has 0 aliphatic carbocycles. The van der Waals surface area contributed by atoms with Crippen molar-refractivity contribution in [2.75, 3.05) is 7.05 Å². The van der Waals surface area contributed by atoms with Crippen molar-refractivity contribution in [2.45, 2.75) is 0 Å². The Morgan fingerprint density at radius 1 is 0.667 bits per heavy atom. The number of rotatable bonds is 0. The molecule has 0 radical (unpaired) electrons. The molecule has 0 spiro atoms. The van der Waals surface area contributed by atoms with Gasteiger partial charge in [-0.05, 0) is 0 Å². The molecule has 6 heavy (non-hydrogen) atoms. The van der Waals surface area contributed by atoms with Crippen LogP contribution < -0.4 is 55.4 Å². The summed E-state index contributed by atoms with van der Waals surface area (Å²) in [7, 11) is 1.75. The smallest absolute Gasteiger partial charge is 0.0634 e. The van der Waals surface area contributed by atoms with Gasteiger partial charge in [0.15, 0.2) is 0 Å². The zero-order valence-electron chi connectivity index (χ0n) is 3.22. The summed E-state index contributed by atoms with van der Waals surface area (Å²) in [4.78, 5) is 0. The zero-order valence-corrected chi connectivity index (χ0v) is 6.24. The first-order valence-electron chi connectivity index (χ1n) is 0.707. The molecule has 0 atom stereocenters. The lowest BCUT2D eigenvalue weighted by molar-refractivity contribution is -0.325. The van der Waals surface area contributed by atoms with E-state index < -0.39 is 0 Å². The minimum absolute atomic E-state index is 0. The average molecular weight is 174 g/mol. The van der Waals surface area contributed by atoms with Gasteiger partial charge in [0, 0.05) is 0 Å². The minimum atomic E-state index is 0. The van der Waals surface area contributed by atoms with Gasteiger partial charge >= 0.3 is 0 Å². The molecular weight excluding hydrogens is 168 g/mol. The molecule has 0 aromatic heterocycles. The van der Waals surface area contributed by atoms with Crippen molar-refractivity contribution in [1.82, 2.24) is 0 Å². The van der Waals surface area contributed by atoms with E-state index in [1.807, 2.05) is 0 Å². The van der Waals surface area contributed by atoms with Crippen LogP contribution in [0.5, 0.6) is 0 Å². The molecular formula is CH6Cl4N-3. The quantitative estimate of drug-likeness (QED) is 0.377. The third-order valence-electron chi connectivity index (χ3n) is 0. The maximum atomic E-state index is 3.25. The fourth-order valence-electron chi connectivity index (χ4n) is 0. The van der Waals surface area contributed by atoms with Crippen molar-refractivity contribution in [2.24, 2.45) is 0 Å². The number of halogens is 4. The van der Waals surface area contributed by atoms with Crippen LogP contribution >= 0.6 is 0 Å². The molecule has 0 saturated carbocycles. The van der Waals surface area contributed by atoms with Crippen LogP contribution in [0.2, 0.25) is 0 Å². The Hall–Kier alpha value is 1.12. The fourth-order valence-corrected chi connectivity index (χ4v) is 0. The average Bonchev–Trinajstić information content (AvgIpc) is 1.00. The Labute approximate surface area is 62.7 Å². The molecule has 0 rings (SSSR count). The Balaban J connectivity index is -0.000000000833. The van der Waals surface area contributed by atoms with Gasteiger partial charge in [-0.3, -0.25) is 0 Å². The lowest BCUT2D eigenvalue weighted by atomic mass is 11.6. The SMILES string of the molecule is C[NH3+].[Cl-].[Cl-].[Cl-].[Cl-]. The number of hydrogen-bond acceptors (Lipinski definition) is 0. The van der Waals surface area contributed by atoms with Gasteiger partial charge in [-0.2, -0.15) is 0 Å². The predicted molar refractivity (Wildman–Crippen MR) is 8.81 cm³/mol. The van der Waals surface area contributed by atoms with E-state index in [4.69, 9.17) is 0 Å². The van der Waals surface area contributed by atoms with Gasteiger partial charge in [0.1, 0.15) is 0 Å². The van der Waals surface area contributed by atoms with Crippen LogP contribution in [-0.2, 0) is 0 Å². The fraction of sp³-hybridized carbons (Fsp3) is 1.00. The number of quaternary nitrogens is 1. The summed E-state index contributed by atoms with van der Waals surface area (Å²) in [5.74, 6) is 0. The van der Waals surface area contributed by atoms with E-state index in [1.165, 1.54) is 0 Å². The summed E-state index contributed by atoms with van der Waals surface area (Å²) in [6.07, 6.45) is 0. The number of hydrogen-bond donors (Lipinski definition) is 1. The summed E-state index contributed by atoms with van der Waals surface area (Å²) in [6.45, 7) is 0. The van der Waals surface area contributed by atoms with Gasteiger partial charge in [-0.25, -0.2) is 0 Å². The van der Waals surface area contributed by atoms with Crippen LogP contribution in [0, 0.1) is 0 Å². The third-order valence-corrected chi connectivity index (χ3v) is 0. The predicted octanol–water partition coefficient (Wildman–Crippen LogP) is -13.1. The summed E-state index contributed by atoms with van der Waals surface area (Å²) >= 11 is 0.